The minimum Gasteiger partial charge on any atom is -0.493 e. The van der Waals surface area contributed by atoms with Crippen LogP contribution in [0.4, 0.5) is 4.39 Å². The third-order valence-corrected chi connectivity index (χ3v) is 3.45. The Morgan fingerprint density at radius 1 is 1.33 bits per heavy atom. The number of hydrogen-bond donors (Lipinski definition) is 1. The van der Waals surface area contributed by atoms with Crippen molar-refractivity contribution in [3.63, 3.8) is 0 Å². The van der Waals surface area contributed by atoms with Gasteiger partial charge >= 0.3 is 0 Å². The molecule has 0 aromatic heterocycles. The van der Waals surface area contributed by atoms with Gasteiger partial charge in [-0.15, -0.1) is 6.58 Å². The summed E-state index contributed by atoms with van der Waals surface area (Å²) in [7, 11) is 0. The fourth-order valence-electron chi connectivity index (χ4n) is 2.21. The zero-order chi connectivity index (χ0) is 15.5. The van der Waals surface area contributed by atoms with Crippen molar-refractivity contribution in [1.29, 1.82) is 0 Å². The number of unbranched alkanes of at least 4 members (excludes halogenated alkanes) is 3. The fourth-order valence-corrected chi connectivity index (χ4v) is 2.21. The van der Waals surface area contributed by atoms with Gasteiger partial charge in [-0.05, 0) is 63.8 Å². The predicted molar refractivity (Wildman–Crippen MR) is 87.3 cm³/mol. The summed E-state index contributed by atoms with van der Waals surface area (Å²) >= 11 is 0. The van der Waals surface area contributed by atoms with Crippen LogP contribution < -0.4 is 10.1 Å². The topological polar surface area (TPSA) is 21.3 Å². The van der Waals surface area contributed by atoms with Gasteiger partial charge in [0.1, 0.15) is 11.6 Å². The molecule has 0 spiro atoms. The zero-order valence-electron chi connectivity index (χ0n) is 13.3. The Kier molecular flexibility index (Phi) is 8.76. The van der Waals surface area contributed by atoms with Crippen LogP contribution in [0.25, 0.3) is 0 Å². The Bertz CT molecular complexity index is 420. The van der Waals surface area contributed by atoms with Crippen molar-refractivity contribution in [2.45, 2.75) is 52.0 Å². The van der Waals surface area contributed by atoms with E-state index in [1.807, 2.05) is 13.0 Å². The largest absolute Gasteiger partial charge is 0.493 e. The van der Waals surface area contributed by atoms with Gasteiger partial charge in [0.25, 0.3) is 0 Å². The Labute approximate surface area is 128 Å². The van der Waals surface area contributed by atoms with E-state index in [0.29, 0.717) is 6.61 Å². The van der Waals surface area contributed by atoms with Crippen LogP contribution in [-0.4, -0.2) is 13.2 Å². The standard InChI is InChI=1S/C18H28FNO/c1-4-6-7-8-9-13-21-18-11-10-16(19)14-17(18)15(3)20-12-5-2/h4,10-11,14-15,20H,1,5-9,12-13H2,2-3H3. The van der Waals surface area contributed by atoms with Crippen LogP contribution in [0, 0.1) is 5.82 Å². The highest BCUT2D eigenvalue weighted by Crippen LogP contribution is 2.26. The lowest BCUT2D eigenvalue weighted by atomic mass is 10.1. The molecule has 0 radical (unpaired) electrons. The summed E-state index contributed by atoms with van der Waals surface area (Å²) in [6.45, 7) is 9.47. The van der Waals surface area contributed by atoms with Gasteiger partial charge in [-0.25, -0.2) is 4.39 Å². The average molecular weight is 293 g/mol. The maximum absolute atomic E-state index is 13.5. The maximum Gasteiger partial charge on any atom is 0.124 e. The highest BCUT2D eigenvalue weighted by molar-refractivity contribution is 5.36. The van der Waals surface area contributed by atoms with Crippen LogP contribution in [0.15, 0.2) is 30.9 Å². The molecule has 1 rings (SSSR count). The molecular weight excluding hydrogens is 265 g/mol. The molecule has 1 unspecified atom stereocenters. The minimum atomic E-state index is -0.214. The third kappa shape index (κ3) is 6.76. The van der Waals surface area contributed by atoms with Gasteiger partial charge in [0.15, 0.2) is 0 Å². The minimum absolute atomic E-state index is 0.0939. The van der Waals surface area contributed by atoms with Gasteiger partial charge in [0, 0.05) is 11.6 Å². The smallest absolute Gasteiger partial charge is 0.124 e. The maximum atomic E-state index is 13.5. The first-order chi connectivity index (χ1) is 10.2. The summed E-state index contributed by atoms with van der Waals surface area (Å²) in [6, 6.07) is 4.86. The van der Waals surface area contributed by atoms with E-state index in [1.54, 1.807) is 12.1 Å². The van der Waals surface area contributed by atoms with E-state index in [4.69, 9.17) is 4.74 Å². The molecule has 0 fully saturated rings. The van der Waals surface area contributed by atoms with Crippen molar-refractivity contribution in [3.8, 4) is 5.75 Å². The van der Waals surface area contributed by atoms with Gasteiger partial charge in [-0.2, -0.15) is 0 Å². The van der Waals surface area contributed by atoms with E-state index in [1.165, 1.54) is 6.07 Å². The Balaban J connectivity index is 2.53. The fraction of sp³-hybridized carbons (Fsp3) is 0.556. The third-order valence-electron chi connectivity index (χ3n) is 3.45. The Hall–Kier alpha value is -1.35. The summed E-state index contributed by atoms with van der Waals surface area (Å²) in [6.07, 6.45) is 7.35. The molecule has 2 nitrogen and oxygen atoms in total. The summed E-state index contributed by atoms with van der Waals surface area (Å²) in [5.74, 6) is 0.574. The van der Waals surface area contributed by atoms with Crippen LogP contribution in [0.3, 0.4) is 0 Å². The van der Waals surface area contributed by atoms with Gasteiger partial charge in [-0.1, -0.05) is 13.0 Å². The molecule has 0 aliphatic carbocycles. The van der Waals surface area contributed by atoms with E-state index in [2.05, 4.69) is 18.8 Å². The molecule has 0 saturated carbocycles. The van der Waals surface area contributed by atoms with Gasteiger partial charge in [0.05, 0.1) is 6.61 Å². The molecule has 0 aliphatic heterocycles. The lowest BCUT2D eigenvalue weighted by Gasteiger charge is -2.18. The Morgan fingerprint density at radius 2 is 2.14 bits per heavy atom. The quantitative estimate of drug-likeness (QED) is 0.457. The van der Waals surface area contributed by atoms with Gasteiger partial charge < -0.3 is 10.1 Å². The Morgan fingerprint density at radius 3 is 2.86 bits per heavy atom. The van der Waals surface area contributed by atoms with Crippen LogP contribution in [-0.2, 0) is 0 Å². The van der Waals surface area contributed by atoms with E-state index < -0.39 is 0 Å². The number of ether oxygens (including phenoxy) is 1. The number of rotatable bonds is 11. The molecule has 21 heavy (non-hydrogen) atoms. The SMILES string of the molecule is C=CCCCCCOc1ccc(F)cc1C(C)NCCC. The lowest BCUT2D eigenvalue weighted by Crippen LogP contribution is -2.20. The molecule has 0 amide bonds. The molecule has 3 heteroatoms. The summed E-state index contributed by atoms with van der Waals surface area (Å²) in [5.41, 5.74) is 0.898. The van der Waals surface area contributed by atoms with Crippen molar-refractivity contribution < 1.29 is 9.13 Å². The second-order valence-corrected chi connectivity index (χ2v) is 5.34. The number of halogens is 1. The average Bonchev–Trinajstić information content (AvgIpc) is 2.49. The molecule has 1 aromatic rings. The first-order valence-electron chi connectivity index (χ1n) is 7.95. The number of nitrogens with one attached hydrogen (secondary N) is 1. The van der Waals surface area contributed by atoms with Crippen LogP contribution >= 0.6 is 0 Å². The molecule has 1 N–H and O–H groups in total. The highest BCUT2D eigenvalue weighted by atomic mass is 19.1. The second kappa shape index (κ2) is 10.4. The summed E-state index contributed by atoms with van der Waals surface area (Å²) < 4.78 is 19.3. The molecule has 1 atom stereocenters. The normalized spacial score (nSPS) is 12.1. The van der Waals surface area contributed by atoms with Gasteiger partial charge in [0.2, 0.25) is 0 Å². The molecule has 0 saturated heterocycles. The molecule has 1 aromatic carbocycles. The molecule has 0 aliphatic rings. The number of allylic oxidation sites excluding steroid dienone is 1. The van der Waals surface area contributed by atoms with Crippen LogP contribution in [0.2, 0.25) is 0 Å². The van der Waals surface area contributed by atoms with Crippen molar-refractivity contribution >= 4 is 0 Å². The molecule has 118 valence electrons. The summed E-state index contributed by atoms with van der Waals surface area (Å²) in [4.78, 5) is 0. The first kappa shape index (κ1) is 17.7. The van der Waals surface area contributed by atoms with Crippen molar-refractivity contribution in [1.82, 2.24) is 5.32 Å². The summed E-state index contributed by atoms with van der Waals surface area (Å²) in [5, 5.41) is 3.38. The van der Waals surface area contributed by atoms with E-state index in [0.717, 1.165) is 50.0 Å². The number of hydrogen-bond acceptors (Lipinski definition) is 2. The van der Waals surface area contributed by atoms with Crippen molar-refractivity contribution in [2.24, 2.45) is 0 Å². The van der Waals surface area contributed by atoms with E-state index >= 15 is 0 Å². The van der Waals surface area contributed by atoms with Crippen molar-refractivity contribution in [2.75, 3.05) is 13.2 Å². The first-order valence-corrected chi connectivity index (χ1v) is 7.95. The van der Waals surface area contributed by atoms with E-state index in [-0.39, 0.29) is 11.9 Å². The lowest BCUT2D eigenvalue weighted by molar-refractivity contribution is 0.299. The predicted octanol–water partition coefficient (Wildman–Crippen LogP) is 5.01. The van der Waals surface area contributed by atoms with Gasteiger partial charge in [-0.3, -0.25) is 0 Å². The molecular formula is C18H28FNO. The second-order valence-electron chi connectivity index (χ2n) is 5.34. The highest BCUT2D eigenvalue weighted by Gasteiger charge is 2.12. The molecule has 0 heterocycles. The van der Waals surface area contributed by atoms with Crippen molar-refractivity contribution in [3.05, 3.63) is 42.2 Å². The van der Waals surface area contributed by atoms with Crippen LogP contribution in [0.1, 0.15) is 57.6 Å². The zero-order valence-corrected chi connectivity index (χ0v) is 13.3. The molecule has 0 bridgehead atoms. The van der Waals surface area contributed by atoms with Crippen LogP contribution in [0.5, 0.6) is 5.75 Å². The monoisotopic (exact) mass is 293 g/mol. The number of benzene rings is 1. The van der Waals surface area contributed by atoms with E-state index in [9.17, 15) is 4.39 Å².